The number of hydrogen-bond acceptors (Lipinski definition) is 2. The van der Waals surface area contributed by atoms with Gasteiger partial charge in [0.2, 0.25) is 5.91 Å². The van der Waals surface area contributed by atoms with Crippen LogP contribution in [0, 0.1) is 5.92 Å². The Morgan fingerprint density at radius 3 is 2.45 bits per heavy atom. The molecular weight excluding hydrogens is 255 g/mol. The lowest BCUT2D eigenvalue weighted by molar-refractivity contribution is -0.126. The second-order valence-corrected chi connectivity index (χ2v) is 5.46. The number of halogens is 1. The molecule has 0 heterocycles. The van der Waals surface area contributed by atoms with E-state index in [1.807, 2.05) is 25.2 Å². The van der Waals surface area contributed by atoms with Crippen LogP contribution in [0.15, 0.2) is 24.3 Å². The standard InChI is InChI=1S/C16H23FN2O/c1-18-15-8-6-12(7-9-15)16(20)19-11-14-5-3-2-4-13(14)10-17/h2-5,12,15,18H,6-11H2,1H3,(H,19,20)/t12-,15+. The van der Waals surface area contributed by atoms with Crippen molar-refractivity contribution in [1.82, 2.24) is 10.6 Å². The average molecular weight is 278 g/mol. The zero-order valence-corrected chi connectivity index (χ0v) is 12.0. The molecule has 110 valence electrons. The average Bonchev–Trinajstić information content (AvgIpc) is 2.53. The summed E-state index contributed by atoms with van der Waals surface area (Å²) in [5.41, 5.74) is 1.53. The summed E-state index contributed by atoms with van der Waals surface area (Å²) in [4.78, 5) is 12.1. The van der Waals surface area contributed by atoms with Crippen LogP contribution in [0.4, 0.5) is 4.39 Å². The summed E-state index contributed by atoms with van der Waals surface area (Å²) in [5, 5.41) is 6.21. The van der Waals surface area contributed by atoms with Crippen molar-refractivity contribution in [2.24, 2.45) is 5.92 Å². The van der Waals surface area contributed by atoms with Crippen molar-refractivity contribution in [3.63, 3.8) is 0 Å². The number of carbonyl (C=O) groups excluding carboxylic acids is 1. The zero-order valence-electron chi connectivity index (χ0n) is 12.0. The Morgan fingerprint density at radius 1 is 1.20 bits per heavy atom. The lowest BCUT2D eigenvalue weighted by Gasteiger charge is -2.27. The van der Waals surface area contributed by atoms with Crippen molar-refractivity contribution in [2.45, 2.75) is 44.9 Å². The highest BCUT2D eigenvalue weighted by Gasteiger charge is 2.25. The van der Waals surface area contributed by atoms with Crippen LogP contribution in [-0.2, 0) is 18.0 Å². The second kappa shape index (κ2) is 7.39. The van der Waals surface area contributed by atoms with Crippen LogP contribution < -0.4 is 10.6 Å². The van der Waals surface area contributed by atoms with Gasteiger partial charge in [-0.2, -0.15) is 0 Å². The number of carbonyl (C=O) groups is 1. The smallest absolute Gasteiger partial charge is 0.223 e. The first-order valence-corrected chi connectivity index (χ1v) is 7.32. The molecule has 0 radical (unpaired) electrons. The van der Waals surface area contributed by atoms with Gasteiger partial charge in [-0.15, -0.1) is 0 Å². The highest BCUT2D eigenvalue weighted by molar-refractivity contribution is 5.78. The fourth-order valence-electron chi connectivity index (χ4n) is 2.83. The molecule has 1 saturated carbocycles. The number of nitrogens with one attached hydrogen (secondary N) is 2. The largest absolute Gasteiger partial charge is 0.352 e. The predicted octanol–water partition coefficient (Wildman–Crippen LogP) is 2.55. The lowest BCUT2D eigenvalue weighted by Crippen LogP contribution is -2.37. The number of amides is 1. The van der Waals surface area contributed by atoms with E-state index < -0.39 is 6.67 Å². The Bertz CT molecular complexity index is 442. The van der Waals surface area contributed by atoms with Crippen molar-refractivity contribution in [3.05, 3.63) is 35.4 Å². The Labute approximate surface area is 120 Å². The molecule has 20 heavy (non-hydrogen) atoms. The van der Waals surface area contributed by atoms with E-state index in [2.05, 4.69) is 10.6 Å². The highest BCUT2D eigenvalue weighted by atomic mass is 19.1. The summed E-state index contributed by atoms with van der Waals surface area (Å²) >= 11 is 0. The third-order valence-corrected chi connectivity index (χ3v) is 4.22. The molecule has 1 aliphatic rings. The second-order valence-electron chi connectivity index (χ2n) is 5.46. The van der Waals surface area contributed by atoms with Crippen molar-refractivity contribution >= 4 is 5.91 Å². The van der Waals surface area contributed by atoms with Gasteiger partial charge < -0.3 is 10.6 Å². The molecule has 0 aliphatic heterocycles. The molecule has 2 rings (SSSR count). The Kier molecular flexibility index (Phi) is 5.53. The third kappa shape index (κ3) is 3.79. The van der Waals surface area contributed by atoms with Crippen molar-refractivity contribution in [1.29, 1.82) is 0 Å². The first-order valence-electron chi connectivity index (χ1n) is 7.32. The van der Waals surface area contributed by atoms with Gasteiger partial charge in [-0.1, -0.05) is 24.3 Å². The van der Waals surface area contributed by atoms with Gasteiger partial charge in [-0.3, -0.25) is 4.79 Å². The summed E-state index contributed by atoms with van der Waals surface area (Å²) in [5.74, 6) is 0.213. The minimum Gasteiger partial charge on any atom is -0.352 e. The summed E-state index contributed by atoms with van der Waals surface area (Å²) < 4.78 is 12.8. The lowest BCUT2D eigenvalue weighted by atomic mass is 9.85. The van der Waals surface area contributed by atoms with Gasteiger partial charge in [0, 0.05) is 18.5 Å². The summed E-state index contributed by atoms with van der Waals surface area (Å²) in [6, 6.07) is 7.87. The van der Waals surface area contributed by atoms with Crippen molar-refractivity contribution in [2.75, 3.05) is 7.05 Å². The van der Waals surface area contributed by atoms with Crippen LogP contribution >= 0.6 is 0 Å². The normalized spacial score (nSPS) is 22.5. The molecule has 4 heteroatoms. The van der Waals surface area contributed by atoms with E-state index in [9.17, 15) is 9.18 Å². The predicted molar refractivity (Wildman–Crippen MR) is 77.9 cm³/mol. The van der Waals surface area contributed by atoms with Crippen LogP contribution in [-0.4, -0.2) is 19.0 Å². The number of alkyl halides is 1. The van der Waals surface area contributed by atoms with Crippen LogP contribution in [0.25, 0.3) is 0 Å². The maximum atomic E-state index is 12.8. The Balaban J connectivity index is 1.83. The molecule has 0 spiro atoms. The maximum absolute atomic E-state index is 12.8. The maximum Gasteiger partial charge on any atom is 0.223 e. The molecule has 0 aromatic heterocycles. The fourth-order valence-corrected chi connectivity index (χ4v) is 2.83. The molecule has 2 N–H and O–H groups in total. The monoisotopic (exact) mass is 278 g/mol. The van der Waals surface area contributed by atoms with Gasteiger partial charge in [-0.25, -0.2) is 4.39 Å². The van der Waals surface area contributed by atoms with E-state index in [1.165, 1.54) is 0 Å². The number of rotatable bonds is 5. The van der Waals surface area contributed by atoms with E-state index in [1.54, 1.807) is 6.07 Å². The van der Waals surface area contributed by atoms with Gasteiger partial charge in [0.15, 0.2) is 0 Å². The quantitative estimate of drug-likeness (QED) is 0.869. The molecule has 1 fully saturated rings. The van der Waals surface area contributed by atoms with E-state index >= 15 is 0 Å². The van der Waals surface area contributed by atoms with E-state index in [4.69, 9.17) is 0 Å². The Morgan fingerprint density at radius 2 is 1.85 bits per heavy atom. The minimum atomic E-state index is -0.487. The van der Waals surface area contributed by atoms with Gasteiger partial charge >= 0.3 is 0 Å². The van der Waals surface area contributed by atoms with E-state index in [-0.39, 0.29) is 11.8 Å². The van der Waals surface area contributed by atoms with Gasteiger partial charge in [0.1, 0.15) is 6.67 Å². The van der Waals surface area contributed by atoms with Crippen LogP contribution in [0.5, 0.6) is 0 Å². The molecular formula is C16H23FN2O. The van der Waals surface area contributed by atoms with Crippen LogP contribution in [0.1, 0.15) is 36.8 Å². The fraction of sp³-hybridized carbons (Fsp3) is 0.562. The SMILES string of the molecule is CN[C@H]1CC[C@@H](C(=O)NCc2ccccc2CF)CC1. The molecule has 0 bridgehead atoms. The van der Waals surface area contributed by atoms with Gasteiger partial charge in [-0.05, 0) is 43.9 Å². The van der Waals surface area contributed by atoms with Crippen molar-refractivity contribution in [3.8, 4) is 0 Å². The van der Waals surface area contributed by atoms with Gasteiger partial charge in [0.25, 0.3) is 0 Å². The van der Waals surface area contributed by atoms with Gasteiger partial charge in [0.05, 0.1) is 0 Å². The van der Waals surface area contributed by atoms with E-state index in [0.29, 0.717) is 18.2 Å². The summed E-state index contributed by atoms with van der Waals surface area (Å²) in [6.07, 6.45) is 3.97. The molecule has 0 unspecified atom stereocenters. The molecule has 1 aromatic rings. The molecule has 1 amide bonds. The molecule has 1 aromatic carbocycles. The topological polar surface area (TPSA) is 41.1 Å². The van der Waals surface area contributed by atoms with Crippen LogP contribution in [0.3, 0.4) is 0 Å². The molecule has 0 atom stereocenters. The summed E-state index contributed by atoms with van der Waals surface area (Å²) in [6.45, 7) is -0.0653. The summed E-state index contributed by atoms with van der Waals surface area (Å²) in [7, 11) is 1.97. The number of hydrogen-bond donors (Lipinski definition) is 2. The highest BCUT2D eigenvalue weighted by Crippen LogP contribution is 2.24. The number of benzene rings is 1. The minimum absolute atomic E-state index is 0.105. The van der Waals surface area contributed by atoms with Crippen molar-refractivity contribution < 1.29 is 9.18 Å². The molecule has 1 aliphatic carbocycles. The zero-order chi connectivity index (χ0) is 14.4. The first-order chi connectivity index (χ1) is 9.74. The molecule has 0 saturated heterocycles. The molecule has 3 nitrogen and oxygen atoms in total. The third-order valence-electron chi connectivity index (χ3n) is 4.22. The van der Waals surface area contributed by atoms with E-state index in [0.717, 1.165) is 31.2 Å². The van der Waals surface area contributed by atoms with Crippen LogP contribution in [0.2, 0.25) is 0 Å². The first kappa shape index (κ1) is 15.0. The Hall–Kier alpha value is -1.42.